The van der Waals surface area contributed by atoms with E-state index in [1.54, 1.807) is 0 Å². The standard InChI is InChI=1S/C13H13F5N2O3S/c14-24(15,16,17,18)9-2-1-7-3-8(6-23-11(7)4-9)10-5-19-12(21)13(22)20-10/h1-2,4-5,8,13,20,22H,3,6H2,(H,19,21). The highest BCUT2D eigenvalue weighted by Crippen LogP contribution is 3.02. The molecule has 1 amide bonds. The fourth-order valence-corrected chi connectivity index (χ4v) is 3.18. The van der Waals surface area contributed by atoms with Crippen molar-refractivity contribution in [2.45, 2.75) is 17.5 Å². The lowest BCUT2D eigenvalue weighted by atomic mass is 9.93. The summed E-state index contributed by atoms with van der Waals surface area (Å²) in [7, 11) is -9.75. The highest BCUT2D eigenvalue weighted by molar-refractivity contribution is 8.45. The lowest BCUT2D eigenvalue weighted by Gasteiger charge is -2.41. The Balaban J connectivity index is 1.85. The van der Waals surface area contributed by atoms with Gasteiger partial charge in [-0.15, -0.1) is 0 Å². The van der Waals surface area contributed by atoms with Crippen LogP contribution in [-0.2, 0) is 11.2 Å². The third-order valence-electron chi connectivity index (χ3n) is 3.75. The number of fused-ring (bicyclic) bond motifs is 1. The molecule has 0 saturated heterocycles. The summed E-state index contributed by atoms with van der Waals surface area (Å²) in [4.78, 5) is 9.14. The van der Waals surface area contributed by atoms with Gasteiger partial charge in [0.05, 0.1) is 6.61 Å². The van der Waals surface area contributed by atoms with Gasteiger partial charge in [-0.2, -0.15) is 0 Å². The van der Waals surface area contributed by atoms with E-state index in [0.717, 1.165) is 6.07 Å². The monoisotopic (exact) mass is 372 g/mol. The summed E-state index contributed by atoms with van der Waals surface area (Å²) >= 11 is 0. The number of ether oxygens (including phenoxy) is 1. The van der Waals surface area contributed by atoms with Gasteiger partial charge in [0.25, 0.3) is 5.91 Å². The maximum atomic E-state index is 12.8. The van der Waals surface area contributed by atoms with Crippen molar-refractivity contribution in [1.29, 1.82) is 0 Å². The average Bonchev–Trinajstić information content (AvgIpc) is 2.46. The van der Waals surface area contributed by atoms with Crippen LogP contribution in [0.2, 0.25) is 0 Å². The molecule has 0 aliphatic carbocycles. The zero-order valence-corrected chi connectivity index (χ0v) is 12.8. The number of halogens is 5. The van der Waals surface area contributed by atoms with Gasteiger partial charge in [0.2, 0.25) is 6.23 Å². The van der Waals surface area contributed by atoms with E-state index < -0.39 is 27.3 Å². The lowest BCUT2D eigenvalue weighted by molar-refractivity contribution is -0.130. The van der Waals surface area contributed by atoms with Gasteiger partial charge in [0.1, 0.15) is 10.6 Å². The molecule has 2 aliphatic heterocycles. The van der Waals surface area contributed by atoms with Crippen molar-refractivity contribution in [3.63, 3.8) is 0 Å². The molecule has 2 atom stereocenters. The van der Waals surface area contributed by atoms with Crippen LogP contribution in [0.1, 0.15) is 5.56 Å². The van der Waals surface area contributed by atoms with Gasteiger partial charge in [-0.3, -0.25) is 4.79 Å². The second-order valence-electron chi connectivity index (χ2n) is 5.61. The number of aliphatic hydroxyl groups excluding tert-OH is 1. The lowest BCUT2D eigenvalue weighted by Crippen LogP contribution is -2.49. The summed E-state index contributed by atoms with van der Waals surface area (Å²) in [5.41, 5.74) is 0.760. The van der Waals surface area contributed by atoms with Gasteiger partial charge in [0.15, 0.2) is 0 Å². The van der Waals surface area contributed by atoms with E-state index in [4.69, 9.17) is 4.74 Å². The van der Waals surface area contributed by atoms with Gasteiger partial charge < -0.3 is 20.5 Å². The molecule has 2 aliphatic rings. The molecule has 2 unspecified atom stereocenters. The maximum absolute atomic E-state index is 12.8. The smallest absolute Gasteiger partial charge is 0.310 e. The summed E-state index contributed by atoms with van der Waals surface area (Å²) in [6.07, 6.45) is 0.0935. The second kappa shape index (κ2) is 4.54. The number of carbonyl (C=O) groups is 1. The molecule has 0 bridgehead atoms. The van der Waals surface area contributed by atoms with E-state index in [2.05, 4.69) is 10.6 Å². The van der Waals surface area contributed by atoms with Crippen LogP contribution >= 0.6 is 10.2 Å². The molecular formula is C13H13F5N2O3S. The molecule has 3 N–H and O–H groups in total. The molecule has 2 heterocycles. The zero-order chi connectivity index (χ0) is 17.8. The normalized spacial score (nSPS) is 26.8. The summed E-state index contributed by atoms with van der Waals surface area (Å²) in [5.74, 6) is -1.27. The molecule has 1 aromatic rings. The summed E-state index contributed by atoms with van der Waals surface area (Å²) < 4.78 is 69.3. The van der Waals surface area contributed by atoms with E-state index >= 15 is 0 Å². The van der Waals surface area contributed by atoms with Crippen LogP contribution in [0.25, 0.3) is 0 Å². The molecule has 0 saturated carbocycles. The quantitative estimate of drug-likeness (QED) is 0.699. The van der Waals surface area contributed by atoms with Crippen LogP contribution in [-0.4, -0.2) is 23.8 Å². The minimum Gasteiger partial charge on any atom is -0.493 e. The summed E-state index contributed by atoms with van der Waals surface area (Å²) in [6, 6.07) is 1.60. The van der Waals surface area contributed by atoms with Crippen LogP contribution in [0, 0.1) is 5.92 Å². The Morgan fingerprint density at radius 3 is 2.54 bits per heavy atom. The summed E-state index contributed by atoms with van der Waals surface area (Å²) in [6.45, 7) is -0.0851. The summed E-state index contributed by atoms with van der Waals surface area (Å²) in [5, 5.41) is 14.3. The number of aliphatic hydroxyl groups is 1. The van der Waals surface area contributed by atoms with E-state index in [-0.39, 0.29) is 24.7 Å². The van der Waals surface area contributed by atoms with Crippen molar-refractivity contribution < 1.29 is 34.1 Å². The van der Waals surface area contributed by atoms with E-state index in [1.165, 1.54) is 6.20 Å². The van der Waals surface area contributed by atoms with E-state index in [1.807, 2.05) is 0 Å². The molecule has 11 heteroatoms. The van der Waals surface area contributed by atoms with Crippen molar-refractivity contribution in [2.75, 3.05) is 6.61 Å². The van der Waals surface area contributed by atoms with Crippen molar-refractivity contribution in [3.05, 3.63) is 35.7 Å². The predicted molar refractivity (Wildman–Crippen MR) is 75.9 cm³/mol. The Morgan fingerprint density at radius 2 is 1.92 bits per heavy atom. The number of benzene rings is 1. The Kier molecular flexibility index (Phi) is 3.18. The number of hydrogen-bond donors (Lipinski definition) is 3. The third kappa shape index (κ3) is 3.26. The number of amides is 1. The molecule has 24 heavy (non-hydrogen) atoms. The fourth-order valence-electron chi connectivity index (χ4n) is 2.52. The van der Waals surface area contributed by atoms with E-state index in [0.29, 0.717) is 23.4 Å². The maximum Gasteiger partial charge on any atom is 0.310 e. The highest BCUT2D eigenvalue weighted by atomic mass is 32.5. The van der Waals surface area contributed by atoms with Crippen LogP contribution in [0.5, 0.6) is 5.75 Å². The minimum absolute atomic E-state index is 0.0851. The van der Waals surface area contributed by atoms with Gasteiger partial charge in [-0.25, -0.2) is 0 Å². The molecular weight excluding hydrogens is 359 g/mol. The van der Waals surface area contributed by atoms with Gasteiger partial charge in [-0.1, -0.05) is 25.5 Å². The molecule has 3 rings (SSSR count). The molecule has 0 fully saturated rings. The predicted octanol–water partition coefficient (Wildman–Crippen LogP) is 2.77. The Morgan fingerprint density at radius 1 is 1.21 bits per heavy atom. The Hall–Kier alpha value is -2.01. The van der Waals surface area contributed by atoms with Crippen LogP contribution < -0.4 is 15.4 Å². The topological polar surface area (TPSA) is 70.6 Å². The SMILES string of the molecule is O=C1NC=C(C2COc3cc(S(F)(F)(F)(F)F)ccc3C2)NC1O. The third-order valence-corrected chi connectivity index (χ3v) is 4.90. The molecule has 5 nitrogen and oxygen atoms in total. The first-order valence-electron chi connectivity index (χ1n) is 6.78. The number of hydrogen-bond acceptors (Lipinski definition) is 4. The molecule has 134 valence electrons. The van der Waals surface area contributed by atoms with Crippen molar-refractivity contribution in [1.82, 2.24) is 10.6 Å². The minimum atomic E-state index is -9.75. The highest BCUT2D eigenvalue weighted by Gasteiger charge is 2.65. The molecule has 0 radical (unpaired) electrons. The average molecular weight is 372 g/mol. The van der Waals surface area contributed by atoms with Crippen LogP contribution in [0.3, 0.4) is 0 Å². The Labute approximate surface area is 133 Å². The van der Waals surface area contributed by atoms with E-state index in [9.17, 15) is 29.3 Å². The van der Waals surface area contributed by atoms with Crippen molar-refractivity contribution >= 4 is 16.1 Å². The number of nitrogens with one attached hydrogen (secondary N) is 2. The molecule has 0 aromatic heterocycles. The zero-order valence-electron chi connectivity index (χ0n) is 11.9. The number of rotatable bonds is 2. The first-order valence-corrected chi connectivity index (χ1v) is 8.73. The first kappa shape index (κ1) is 16.8. The number of carbonyl (C=O) groups excluding carboxylic acids is 1. The van der Waals surface area contributed by atoms with Crippen molar-refractivity contribution in [3.8, 4) is 5.75 Å². The van der Waals surface area contributed by atoms with Crippen LogP contribution in [0.4, 0.5) is 19.4 Å². The first-order chi connectivity index (χ1) is 10.8. The van der Waals surface area contributed by atoms with Crippen molar-refractivity contribution in [2.24, 2.45) is 5.92 Å². The second-order valence-corrected chi connectivity index (χ2v) is 8.02. The van der Waals surface area contributed by atoms with Gasteiger partial charge in [0, 0.05) is 23.9 Å². The van der Waals surface area contributed by atoms with Crippen LogP contribution in [0.15, 0.2) is 35.0 Å². The molecule has 0 spiro atoms. The van der Waals surface area contributed by atoms with Gasteiger partial charge >= 0.3 is 10.2 Å². The molecule has 1 aromatic carbocycles. The Bertz CT molecular complexity index is 750. The fraction of sp³-hybridized carbons (Fsp3) is 0.308. The van der Waals surface area contributed by atoms with Gasteiger partial charge in [-0.05, 0) is 18.1 Å². The largest absolute Gasteiger partial charge is 0.493 e.